The number of hydrogen-bond donors (Lipinski definition) is 2. The number of nitrogens with zero attached hydrogens (tertiary/aromatic N) is 3. The van der Waals surface area contributed by atoms with E-state index in [-0.39, 0.29) is 0 Å². The highest BCUT2D eigenvalue weighted by atomic mass is 32.1. The second-order valence-corrected chi connectivity index (χ2v) is 6.86. The lowest BCUT2D eigenvalue weighted by atomic mass is 10.2. The van der Waals surface area contributed by atoms with Crippen molar-refractivity contribution in [3.63, 3.8) is 0 Å². The molecule has 0 aliphatic rings. The van der Waals surface area contributed by atoms with Crippen LogP contribution in [0.3, 0.4) is 0 Å². The molecule has 7 heteroatoms. The average molecular weight is 367 g/mol. The smallest absolute Gasteiger partial charge is 0.147 e. The van der Waals surface area contributed by atoms with Crippen molar-refractivity contribution in [1.29, 1.82) is 0 Å². The van der Waals surface area contributed by atoms with Gasteiger partial charge in [-0.2, -0.15) is 0 Å². The Hall–Kier alpha value is -2.93. The molecule has 0 saturated heterocycles. The number of benzene rings is 1. The van der Waals surface area contributed by atoms with Gasteiger partial charge in [-0.05, 0) is 38.5 Å². The maximum Gasteiger partial charge on any atom is 0.147 e. The van der Waals surface area contributed by atoms with Crippen LogP contribution < -0.4 is 5.73 Å². The topological polar surface area (TPSA) is 89.7 Å². The molecule has 2 aromatic heterocycles. The molecule has 3 N–H and O–H groups in total. The number of aromatic amines is 1. The summed E-state index contributed by atoms with van der Waals surface area (Å²) in [5.74, 6) is 1.19. The number of anilines is 1. The number of rotatable bonds is 6. The Morgan fingerprint density at radius 3 is 2.73 bits per heavy atom. The molecule has 0 aliphatic heterocycles. The zero-order chi connectivity index (χ0) is 18.5. The van der Waals surface area contributed by atoms with Gasteiger partial charge in [-0.3, -0.25) is 0 Å². The van der Waals surface area contributed by atoms with E-state index in [2.05, 4.69) is 32.5 Å². The summed E-state index contributed by atoms with van der Waals surface area (Å²) >= 11 is 1.65. The normalized spacial score (nSPS) is 12.4. The molecule has 0 saturated carbocycles. The van der Waals surface area contributed by atoms with Crippen LogP contribution in [0.4, 0.5) is 5.82 Å². The van der Waals surface area contributed by atoms with E-state index in [4.69, 9.17) is 10.5 Å². The quantitative estimate of drug-likeness (QED) is 0.499. The number of nitrogens with two attached hydrogens (primary N) is 1. The van der Waals surface area contributed by atoms with Crippen LogP contribution in [-0.4, -0.2) is 20.4 Å². The highest BCUT2D eigenvalue weighted by molar-refractivity contribution is 7.15. The largest absolute Gasteiger partial charge is 0.488 e. The molecule has 3 rings (SSSR count). The van der Waals surface area contributed by atoms with E-state index >= 15 is 0 Å². The van der Waals surface area contributed by atoms with Crippen LogP contribution in [0, 0.1) is 6.92 Å². The first-order valence-electron chi connectivity index (χ1n) is 8.24. The van der Waals surface area contributed by atoms with Gasteiger partial charge in [0.1, 0.15) is 28.9 Å². The van der Waals surface area contributed by atoms with Crippen LogP contribution in [0.5, 0.6) is 0 Å². The average Bonchev–Trinajstić information content (AvgIpc) is 3.25. The molecule has 0 bridgehead atoms. The molecule has 1 aromatic carbocycles. The molecule has 6 nitrogen and oxygen atoms in total. The third kappa shape index (κ3) is 4.00. The van der Waals surface area contributed by atoms with E-state index in [1.165, 1.54) is 0 Å². The van der Waals surface area contributed by atoms with Gasteiger partial charge in [-0.25, -0.2) is 10.1 Å². The molecule has 0 amide bonds. The first-order valence-corrected chi connectivity index (χ1v) is 9.06. The summed E-state index contributed by atoms with van der Waals surface area (Å²) in [6, 6.07) is 10.2. The number of hydrogen-bond acceptors (Lipinski definition) is 6. The van der Waals surface area contributed by atoms with Crippen molar-refractivity contribution < 1.29 is 4.74 Å². The maximum atomic E-state index is 5.97. The van der Waals surface area contributed by atoms with Crippen LogP contribution in [0.2, 0.25) is 0 Å². The minimum absolute atomic E-state index is 0.444. The minimum atomic E-state index is 0.444. The predicted molar refractivity (Wildman–Crippen MR) is 105 cm³/mol. The molecule has 0 unspecified atom stereocenters. The molecule has 0 fully saturated rings. The van der Waals surface area contributed by atoms with Gasteiger partial charge in [0.25, 0.3) is 0 Å². The number of thiazole rings is 1. The third-order valence-corrected chi connectivity index (χ3v) is 5.06. The van der Waals surface area contributed by atoms with Crippen molar-refractivity contribution in [2.45, 2.75) is 27.4 Å². The van der Waals surface area contributed by atoms with Crippen molar-refractivity contribution in [2.24, 2.45) is 0 Å². The fourth-order valence-electron chi connectivity index (χ4n) is 2.43. The lowest BCUT2D eigenvalue weighted by molar-refractivity contribution is 0.213. The van der Waals surface area contributed by atoms with Crippen molar-refractivity contribution in [2.75, 3.05) is 5.73 Å². The highest BCUT2D eigenvalue weighted by Crippen LogP contribution is 2.29. The predicted octanol–water partition coefficient (Wildman–Crippen LogP) is 4.34. The molecule has 0 atom stereocenters. The molecular weight excluding hydrogens is 346 g/mol. The summed E-state index contributed by atoms with van der Waals surface area (Å²) in [5.41, 5.74) is 9.44. The van der Waals surface area contributed by atoms with Crippen molar-refractivity contribution in [3.05, 3.63) is 64.5 Å². The summed E-state index contributed by atoms with van der Waals surface area (Å²) in [6.07, 6.45) is 3.82. The highest BCUT2D eigenvalue weighted by Gasteiger charge is 2.11. The summed E-state index contributed by atoms with van der Waals surface area (Å²) < 4.78 is 5.97. The zero-order valence-electron chi connectivity index (χ0n) is 15.0. The standard InChI is InChI=1S/C19H21N5OS/c1-4-15(10-12(2)17-18(20)23-24-22-17)25-11-16-13(3)21-19(26-16)14-8-6-5-7-9-14/h4-10H,11H2,1-3H3,(H3,20,22,23,24)/b12-10+,15-4+. The van der Waals surface area contributed by atoms with E-state index < -0.39 is 0 Å². The van der Waals surface area contributed by atoms with Crippen LogP contribution in [0.1, 0.15) is 30.1 Å². The molecule has 0 radical (unpaired) electrons. The zero-order valence-corrected chi connectivity index (χ0v) is 15.8. The summed E-state index contributed by atoms with van der Waals surface area (Å²) in [5, 5.41) is 11.3. The number of aromatic nitrogens is 4. The monoisotopic (exact) mass is 367 g/mol. The van der Waals surface area contributed by atoms with Crippen LogP contribution >= 0.6 is 11.3 Å². The van der Waals surface area contributed by atoms with Gasteiger partial charge >= 0.3 is 0 Å². The van der Waals surface area contributed by atoms with Gasteiger partial charge in [0.15, 0.2) is 0 Å². The fraction of sp³-hybridized carbons (Fsp3) is 0.211. The third-order valence-electron chi connectivity index (χ3n) is 3.88. The second-order valence-electron chi connectivity index (χ2n) is 5.77. The Morgan fingerprint density at radius 2 is 2.08 bits per heavy atom. The maximum absolute atomic E-state index is 5.97. The van der Waals surface area contributed by atoms with E-state index in [1.807, 2.05) is 51.1 Å². The molecule has 2 heterocycles. The van der Waals surface area contributed by atoms with Crippen LogP contribution in [0.15, 0.2) is 48.2 Å². The first kappa shape index (κ1) is 17.9. The van der Waals surface area contributed by atoms with Gasteiger partial charge in [0.05, 0.1) is 10.6 Å². The van der Waals surface area contributed by atoms with Gasteiger partial charge in [0.2, 0.25) is 0 Å². The Balaban J connectivity index is 1.72. The Morgan fingerprint density at radius 1 is 1.31 bits per heavy atom. The Labute approximate surface area is 156 Å². The van der Waals surface area contributed by atoms with E-state index in [9.17, 15) is 0 Å². The number of nitrogens with one attached hydrogen (secondary N) is 1. The molecule has 3 aromatic rings. The lowest BCUT2D eigenvalue weighted by Crippen LogP contribution is -1.94. The van der Waals surface area contributed by atoms with Crippen LogP contribution in [-0.2, 0) is 11.3 Å². The lowest BCUT2D eigenvalue weighted by Gasteiger charge is -2.07. The van der Waals surface area contributed by atoms with E-state index in [0.717, 1.165) is 32.5 Å². The van der Waals surface area contributed by atoms with Crippen LogP contribution in [0.25, 0.3) is 16.1 Å². The minimum Gasteiger partial charge on any atom is -0.488 e. The number of allylic oxidation sites excluding steroid dienone is 3. The second kappa shape index (κ2) is 7.97. The number of ether oxygens (including phenoxy) is 1. The molecular formula is C19H21N5OS. The van der Waals surface area contributed by atoms with Gasteiger partial charge in [-0.1, -0.05) is 35.5 Å². The van der Waals surface area contributed by atoms with E-state index in [0.29, 0.717) is 18.1 Å². The Kier molecular flexibility index (Phi) is 5.48. The first-order chi connectivity index (χ1) is 12.6. The van der Waals surface area contributed by atoms with Crippen molar-refractivity contribution in [1.82, 2.24) is 20.4 Å². The summed E-state index contributed by atoms with van der Waals surface area (Å²) in [7, 11) is 0. The SMILES string of the molecule is C/C=C(\C=C(/C)c1nn[nH]c1N)OCc1sc(-c2ccccc2)nc1C. The van der Waals surface area contributed by atoms with Gasteiger partial charge < -0.3 is 10.5 Å². The van der Waals surface area contributed by atoms with Gasteiger partial charge in [0, 0.05) is 5.56 Å². The molecule has 0 aliphatic carbocycles. The van der Waals surface area contributed by atoms with Crippen molar-refractivity contribution in [3.8, 4) is 10.6 Å². The van der Waals surface area contributed by atoms with Crippen molar-refractivity contribution >= 4 is 22.7 Å². The number of nitrogen functional groups attached to an aromatic ring is 1. The fourth-order valence-corrected chi connectivity index (χ4v) is 3.41. The molecule has 134 valence electrons. The molecule has 0 spiro atoms. The Bertz CT molecular complexity index is 940. The van der Waals surface area contributed by atoms with E-state index in [1.54, 1.807) is 11.3 Å². The summed E-state index contributed by atoms with van der Waals surface area (Å²) in [4.78, 5) is 5.77. The number of aryl methyl sites for hydroxylation is 1. The summed E-state index contributed by atoms with van der Waals surface area (Å²) in [6.45, 7) is 6.33. The van der Waals surface area contributed by atoms with Gasteiger partial charge in [-0.15, -0.1) is 16.4 Å². The molecule has 26 heavy (non-hydrogen) atoms. The number of H-pyrrole nitrogens is 1.